The fourth-order valence-corrected chi connectivity index (χ4v) is 2.82. The van der Waals surface area contributed by atoms with Crippen molar-refractivity contribution < 1.29 is 4.79 Å². The average molecular weight is 209 g/mol. The molecule has 1 saturated carbocycles. The lowest BCUT2D eigenvalue weighted by Crippen LogP contribution is -2.42. The number of rotatable bonds is 3. The molecule has 2 heteroatoms. The minimum atomic E-state index is 0.185. The van der Waals surface area contributed by atoms with Gasteiger partial charge < -0.3 is 0 Å². The van der Waals surface area contributed by atoms with E-state index in [1.54, 1.807) is 0 Å². The highest BCUT2D eigenvalue weighted by Gasteiger charge is 2.54. The fourth-order valence-electron chi connectivity index (χ4n) is 2.82. The van der Waals surface area contributed by atoms with Crippen LogP contribution in [-0.2, 0) is 4.79 Å². The van der Waals surface area contributed by atoms with Crippen molar-refractivity contribution >= 4 is 5.78 Å². The number of hydrogen-bond acceptors (Lipinski definition) is 2. The van der Waals surface area contributed by atoms with Gasteiger partial charge in [0, 0.05) is 18.5 Å². The summed E-state index contributed by atoms with van der Waals surface area (Å²) >= 11 is 0. The largest absolute Gasteiger partial charge is 0.298 e. The Kier molecular flexibility index (Phi) is 2.66. The van der Waals surface area contributed by atoms with E-state index in [4.69, 9.17) is 0 Å². The first-order valence-electron chi connectivity index (χ1n) is 6.25. The van der Waals surface area contributed by atoms with Crippen molar-refractivity contribution in [2.75, 3.05) is 6.54 Å². The lowest BCUT2D eigenvalue weighted by Gasteiger charge is -2.28. The fraction of sp³-hybridized carbons (Fsp3) is 0.923. The summed E-state index contributed by atoms with van der Waals surface area (Å²) in [5, 5.41) is 0. The molecule has 1 unspecified atom stereocenters. The molecule has 86 valence electrons. The van der Waals surface area contributed by atoms with Crippen LogP contribution in [0.2, 0.25) is 0 Å². The van der Waals surface area contributed by atoms with E-state index < -0.39 is 0 Å². The Balaban J connectivity index is 2.11. The second-order valence-corrected chi connectivity index (χ2v) is 6.04. The van der Waals surface area contributed by atoms with Crippen molar-refractivity contribution in [1.29, 1.82) is 0 Å². The summed E-state index contributed by atoms with van der Waals surface area (Å²) in [7, 11) is 0. The third-order valence-corrected chi connectivity index (χ3v) is 4.06. The standard InChI is InChI=1S/C13H23NO/c1-9(2)12(15)11-7-13(5-6-13)8-14(11)10(3)4/h9-11H,5-8H2,1-4H3. The van der Waals surface area contributed by atoms with Gasteiger partial charge in [0.25, 0.3) is 0 Å². The van der Waals surface area contributed by atoms with E-state index in [0.717, 1.165) is 13.0 Å². The van der Waals surface area contributed by atoms with Crippen LogP contribution in [0.15, 0.2) is 0 Å². The maximum absolute atomic E-state index is 12.1. The zero-order valence-electron chi connectivity index (χ0n) is 10.4. The zero-order valence-corrected chi connectivity index (χ0v) is 10.4. The Morgan fingerprint density at radius 2 is 1.87 bits per heavy atom. The van der Waals surface area contributed by atoms with Crippen LogP contribution < -0.4 is 0 Å². The van der Waals surface area contributed by atoms with E-state index in [2.05, 4.69) is 18.7 Å². The number of nitrogens with zero attached hydrogens (tertiary/aromatic N) is 1. The molecule has 1 aliphatic carbocycles. The molecule has 0 aromatic rings. The Morgan fingerprint density at radius 3 is 2.27 bits per heavy atom. The smallest absolute Gasteiger partial charge is 0.152 e. The second kappa shape index (κ2) is 3.58. The van der Waals surface area contributed by atoms with E-state index in [-0.39, 0.29) is 12.0 Å². The number of likely N-dealkylation sites (tertiary alicyclic amines) is 1. The SMILES string of the molecule is CC(C)C(=O)C1CC2(CC2)CN1C(C)C. The second-order valence-electron chi connectivity index (χ2n) is 6.04. The summed E-state index contributed by atoms with van der Waals surface area (Å²) in [5.74, 6) is 0.637. The summed E-state index contributed by atoms with van der Waals surface area (Å²) < 4.78 is 0. The first-order chi connectivity index (χ1) is 6.95. The molecular formula is C13H23NO. The normalized spacial score (nSPS) is 29.3. The number of hydrogen-bond donors (Lipinski definition) is 0. The van der Waals surface area contributed by atoms with Gasteiger partial charge in [-0.05, 0) is 38.5 Å². The van der Waals surface area contributed by atoms with E-state index in [0.29, 0.717) is 17.2 Å². The van der Waals surface area contributed by atoms with Crippen LogP contribution in [0.4, 0.5) is 0 Å². The first-order valence-corrected chi connectivity index (χ1v) is 6.25. The van der Waals surface area contributed by atoms with Crippen molar-refractivity contribution in [1.82, 2.24) is 4.90 Å². The predicted molar refractivity (Wildman–Crippen MR) is 61.8 cm³/mol. The molecule has 1 atom stereocenters. The van der Waals surface area contributed by atoms with E-state index >= 15 is 0 Å². The molecule has 2 nitrogen and oxygen atoms in total. The van der Waals surface area contributed by atoms with Gasteiger partial charge in [-0.3, -0.25) is 9.69 Å². The van der Waals surface area contributed by atoms with Crippen molar-refractivity contribution in [3.63, 3.8) is 0 Å². The molecule has 1 saturated heterocycles. The highest BCUT2D eigenvalue weighted by molar-refractivity contribution is 5.86. The summed E-state index contributed by atoms with van der Waals surface area (Å²) in [5.41, 5.74) is 0.541. The number of carbonyl (C=O) groups is 1. The van der Waals surface area contributed by atoms with Gasteiger partial charge in [0.15, 0.2) is 5.78 Å². The maximum atomic E-state index is 12.1. The molecule has 0 amide bonds. The van der Waals surface area contributed by atoms with Crippen molar-refractivity contribution in [3.8, 4) is 0 Å². The summed E-state index contributed by atoms with van der Waals surface area (Å²) in [6.45, 7) is 9.63. The van der Waals surface area contributed by atoms with Gasteiger partial charge in [-0.15, -0.1) is 0 Å². The molecule has 2 rings (SSSR count). The van der Waals surface area contributed by atoms with Crippen molar-refractivity contribution in [2.24, 2.45) is 11.3 Å². The number of carbonyl (C=O) groups excluding carboxylic acids is 1. The van der Waals surface area contributed by atoms with Gasteiger partial charge in [-0.1, -0.05) is 13.8 Å². The molecule has 0 bridgehead atoms. The van der Waals surface area contributed by atoms with E-state index in [1.807, 2.05) is 13.8 Å². The summed E-state index contributed by atoms with van der Waals surface area (Å²) in [6, 6.07) is 0.727. The lowest BCUT2D eigenvalue weighted by atomic mass is 9.95. The van der Waals surface area contributed by atoms with Gasteiger partial charge in [-0.25, -0.2) is 0 Å². The average Bonchev–Trinajstić information content (AvgIpc) is 2.76. The minimum absolute atomic E-state index is 0.185. The van der Waals surface area contributed by atoms with Gasteiger partial charge in [0.05, 0.1) is 6.04 Å². The van der Waals surface area contributed by atoms with Crippen LogP contribution in [0.3, 0.4) is 0 Å². The Bertz CT molecular complexity index is 266. The molecule has 15 heavy (non-hydrogen) atoms. The Morgan fingerprint density at radius 1 is 1.27 bits per heavy atom. The maximum Gasteiger partial charge on any atom is 0.152 e. The Hall–Kier alpha value is -0.370. The first kappa shape index (κ1) is 11.1. The molecule has 1 heterocycles. The molecule has 2 fully saturated rings. The van der Waals surface area contributed by atoms with Crippen LogP contribution in [0.1, 0.15) is 47.0 Å². The molecule has 1 aliphatic heterocycles. The van der Waals surface area contributed by atoms with Crippen LogP contribution in [0.5, 0.6) is 0 Å². The molecule has 1 spiro atoms. The number of ketones is 1. The molecular weight excluding hydrogens is 186 g/mol. The zero-order chi connectivity index (χ0) is 11.2. The molecule has 0 radical (unpaired) electrons. The van der Waals surface area contributed by atoms with Gasteiger partial charge in [0.1, 0.15) is 0 Å². The van der Waals surface area contributed by atoms with Gasteiger partial charge >= 0.3 is 0 Å². The van der Waals surface area contributed by atoms with Gasteiger partial charge in [-0.2, -0.15) is 0 Å². The monoisotopic (exact) mass is 209 g/mol. The van der Waals surface area contributed by atoms with Crippen molar-refractivity contribution in [2.45, 2.75) is 59.0 Å². The molecule has 2 aliphatic rings. The van der Waals surface area contributed by atoms with Gasteiger partial charge in [0.2, 0.25) is 0 Å². The van der Waals surface area contributed by atoms with Crippen molar-refractivity contribution in [3.05, 3.63) is 0 Å². The molecule has 0 N–H and O–H groups in total. The van der Waals surface area contributed by atoms with Crippen LogP contribution >= 0.6 is 0 Å². The van der Waals surface area contributed by atoms with Crippen LogP contribution in [-0.4, -0.2) is 29.3 Å². The van der Waals surface area contributed by atoms with E-state index in [1.165, 1.54) is 12.8 Å². The van der Waals surface area contributed by atoms with Crippen LogP contribution in [0, 0.1) is 11.3 Å². The van der Waals surface area contributed by atoms with E-state index in [9.17, 15) is 4.79 Å². The number of Topliss-reactive ketones (excluding diaryl/α,β-unsaturated/α-hetero) is 1. The topological polar surface area (TPSA) is 20.3 Å². The highest BCUT2D eigenvalue weighted by Crippen LogP contribution is 2.55. The third-order valence-electron chi connectivity index (χ3n) is 4.06. The predicted octanol–water partition coefficient (Wildman–Crippen LogP) is 2.47. The lowest BCUT2D eigenvalue weighted by molar-refractivity contribution is -0.126. The third kappa shape index (κ3) is 1.96. The molecule has 0 aromatic carbocycles. The quantitative estimate of drug-likeness (QED) is 0.711. The highest BCUT2D eigenvalue weighted by atomic mass is 16.1. The molecule has 0 aromatic heterocycles. The summed E-state index contributed by atoms with van der Waals surface area (Å²) in [4.78, 5) is 14.6. The van der Waals surface area contributed by atoms with Crippen LogP contribution in [0.25, 0.3) is 0 Å². The summed E-state index contributed by atoms with van der Waals surface area (Å²) in [6.07, 6.45) is 3.82. The minimum Gasteiger partial charge on any atom is -0.298 e. The Labute approximate surface area is 93.0 Å².